The van der Waals surface area contributed by atoms with Crippen molar-refractivity contribution in [1.82, 2.24) is 19.5 Å². The van der Waals surface area contributed by atoms with Crippen molar-refractivity contribution < 1.29 is 4.42 Å². The number of rotatable bonds is 7. The maximum atomic E-state index is 6.68. The van der Waals surface area contributed by atoms with Crippen molar-refractivity contribution in [3.63, 3.8) is 0 Å². The van der Waals surface area contributed by atoms with Crippen LogP contribution in [-0.2, 0) is 0 Å². The molecule has 15 rings (SSSR count). The van der Waals surface area contributed by atoms with Crippen molar-refractivity contribution in [2.75, 3.05) is 4.90 Å². The van der Waals surface area contributed by atoms with Gasteiger partial charge in [-0.15, -0.1) is 0 Å². The molecule has 0 unspecified atom stereocenters. The van der Waals surface area contributed by atoms with Gasteiger partial charge in [-0.3, -0.25) is 9.47 Å². The number of hydrogen-bond donors (Lipinski definition) is 0. The maximum absolute atomic E-state index is 6.68. The lowest BCUT2D eigenvalue weighted by atomic mass is 9.33. The molecule has 0 fully saturated rings. The molecule has 0 saturated heterocycles. The summed E-state index contributed by atoms with van der Waals surface area (Å²) in [6, 6.07) is 83.4. The van der Waals surface area contributed by atoms with Crippen molar-refractivity contribution in [3.8, 4) is 17.3 Å². The summed E-state index contributed by atoms with van der Waals surface area (Å²) >= 11 is 0. The summed E-state index contributed by atoms with van der Waals surface area (Å²) in [6.45, 7) is -0.0163. The topological polar surface area (TPSA) is 60.0 Å². The third kappa shape index (κ3) is 5.34. The van der Waals surface area contributed by atoms with Crippen LogP contribution in [0.25, 0.3) is 71.9 Å². The van der Waals surface area contributed by atoms with Gasteiger partial charge in [-0.05, 0) is 78.8 Å². The lowest BCUT2D eigenvalue weighted by molar-refractivity contribution is 0.669. The summed E-state index contributed by atoms with van der Waals surface area (Å²) in [4.78, 5) is 19.0. The summed E-state index contributed by atoms with van der Waals surface area (Å²) in [5, 5.41) is 12.2. The van der Waals surface area contributed by atoms with Gasteiger partial charge in [0.05, 0.1) is 11.0 Å². The van der Waals surface area contributed by atoms with E-state index < -0.39 is 8.07 Å². The van der Waals surface area contributed by atoms with Gasteiger partial charge in [-0.1, -0.05) is 200 Å². The predicted molar refractivity (Wildman–Crippen MR) is 287 cm³/mol. The van der Waals surface area contributed by atoms with Crippen molar-refractivity contribution >= 4 is 124 Å². The zero-order valence-corrected chi connectivity index (χ0v) is 38.2. The first-order chi connectivity index (χ1) is 34.2. The number of anilines is 3. The van der Waals surface area contributed by atoms with Crippen LogP contribution in [0.2, 0.25) is 0 Å². The van der Waals surface area contributed by atoms with E-state index in [2.05, 4.69) is 240 Å². The summed E-state index contributed by atoms with van der Waals surface area (Å²) in [6.07, 6.45) is 0. The molecule has 8 heteroatoms. The predicted octanol–water partition coefficient (Wildman–Crippen LogP) is 9.68. The molecule has 0 spiro atoms. The Hall–Kier alpha value is -8.85. The molecule has 2 aliphatic rings. The van der Waals surface area contributed by atoms with Crippen LogP contribution in [-0.4, -0.2) is 34.3 Å². The summed E-state index contributed by atoms with van der Waals surface area (Å²) in [5.41, 5.74) is 10.5. The van der Waals surface area contributed by atoms with Gasteiger partial charge in [0.25, 0.3) is 0 Å². The fourth-order valence-electron chi connectivity index (χ4n) is 12.0. The Balaban J connectivity index is 1.03. The van der Waals surface area contributed by atoms with Crippen LogP contribution in [0.3, 0.4) is 0 Å². The lowest BCUT2D eigenvalue weighted by Crippen LogP contribution is -2.74. The first-order valence-corrected chi connectivity index (χ1v) is 25.6. The zero-order chi connectivity index (χ0) is 45.2. The fourth-order valence-corrected chi connectivity index (χ4v) is 16.8. The van der Waals surface area contributed by atoms with E-state index in [4.69, 9.17) is 19.4 Å². The first kappa shape index (κ1) is 38.3. The zero-order valence-electron chi connectivity index (χ0n) is 37.2. The van der Waals surface area contributed by atoms with E-state index in [1.165, 1.54) is 53.3 Å². The van der Waals surface area contributed by atoms with Crippen LogP contribution in [0.4, 0.5) is 17.3 Å². The van der Waals surface area contributed by atoms with Gasteiger partial charge in [0.2, 0.25) is 18.6 Å². The van der Waals surface area contributed by atoms with Crippen LogP contribution in [0.15, 0.2) is 235 Å². The second kappa shape index (κ2) is 14.6. The molecule has 6 nitrogen and oxygen atoms in total. The van der Waals surface area contributed by atoms with Gasteiger partial charge in [-0.25, -0.2) is 0 Å². The number of benzene rings is 10. The Morgan fingerprint density at radius 2 is 0.971 bits per heavy atom. The monoisotopic (exact) mass is 895 g/mol. The Bertz CT molecular complexity index is 4080. The van der Waals surface area contributed by atoms with Crippen molar-refractivity contribution in [2.45, 2.75) is 0 Å². The number of nitrogens with zero attached hydrogens (tertiary/aromatic N) is 5. The minimum Gasteiger partial charge on any atom is -0.456 e. The Morgan fingerprint density at radius 3 is 1.68 bits per heavy atom. The van der Waals surface area contributed by atoms with Crippen LogP contribution < -0.4 is 42.0 Å². The van der Waals surface area contributed by atoms with E-state index in [0.29, 0.717) is 17.7 Å². The van der Waals surface area contributed by atoms with Gasteiger partial charge in [-0.2, -0.15) is 15.0 Å². The second-order valence-corrected chi connectivity index (χ2v) is 22.1. The molecule has 13 aromatic rings. The summed E-state index contributed by atoms with van der Waals surface area (Å²) in [7, 11) is -2.90. The van der Waals surface area contributed by atoms with Crippen molar-refractivity contribution in [3.05, 3.63) is 231 Å². The molecule has 69 heavy (non-hydrogen) atoms. The van der Waals surface area contributed by atoms with Gasteiger partial charge in [0, 0.05) is 38.5 Å². The lowest BCUT2D eigenvalue weighted by Gasteiger charge is -2.37. The highest BCUT2D eigenvalue weighted by Crippen LogP contribution is 2.43. The van der Waals surface area contributed by atoms with E-state index in [-0.39, 0.29) is 6.71 Å². The molecule has 0 radical (unpaired) electrons. The Morgan fingerprint density at radius 1 is 0.406 bits per heavy atom. The largest absolute Gasteiger partial charge is 0.456 e. The summed E-state index contributed by atoms with van der Waals surface area (Å²) in [5.74, 6) is 1.68. The Kier molecular flexibility index (Phi) is 8.09. The molecule has 0 saturated carbocycles. The van der Waals surface area contributed by atoms with Crippen molar-refractivity contribution in [2.24, 2.45) is 0 Å². The third-order valence-corrected chi connectivity index (χ3v) is 19.6. The van der Waals surface area contributed by atoms with E-state index in [9.17, 15) is 0 Å². The number of para-hydroxylation sites is 3. The third-order valence-electron chi connectivity index (χ3n) is 14.8. The highest BCUT2D eigenvalue weighted by atomic mass is 28.3. The molecule has 0 atom stereocenters. The molecule has 0 amide bonds. The minimum absolute atomic E-state index is 0.0163. The molecule has 3 aromatic heterocycles. The molecule has 0 bridgehead atoms. The van der Waals surface area contributed by atoms with Crippen molar-refractivity contribution in [1.29, 1.82) is 0 Å². The molecular formula is C61H38BN5OSi. The van der Waals surface area contributed by atoms with Crippen LogP contribution >= 0.6 is 0 Å². The van der Waals surface area contributed by atoms with E-state index in [0.717, 1.165) is 55.3 Å². The maximum Gasteiger partial charge on any atom is 0.248 e. The average molecular weight is 896 g/mol. The standard InChI is InChI=1S/C61H38BN5OSi/c1-4-20-41(21-5-1)69(42-22-6-2-7-23-42,43-24-8-3-9-25-43)44-26-16-19-40(38-44)59-63-60(66-49-31-13-10-27-45(49)46-28-11-14-32-50(46)66)65-61(64-59)67-51-33-15-12-29-47(51)62-48-30-17-18-39-34-36-53-56(55(39)48)57-54(68-53)37-35-52(67)58(57)62/h1-38H. The SMILES string of the molecule is c1ccc([Si](c2ccccc2)(c2ccccc2)c2cccc(-c3nc(N4c5ccccc5B5c6cccc7ccc8oc9ccc4c5c9c8c67)nc(-n4c5ccccc5c5ccccc54)n3)c2)cc1. The highest BCUT2D eigenvalue weighted by molar-refractivity contribution is 7.20. The molecule has 0 aliphatic carbocycles. The number of hydrogen-bond acceptors (Lipinski definition) is 5. The number of aromatic nitrogens is 4. The van der Waals surface area contributed by atoms with Crippen LogP contribution in [0.5, 0.6) is 0 Å². The molecular weight excluding hydrogens is 858 g/mol. The smallest absolute Gasteiger partial charge is 0.248 e. The molecule has 5 heterocycles. The van der Waals surface area contributed by atoms with Crippen LogP contribution in [0, 0.1) is 0 Å². The fraction of sp³-hybridized carbons (Fsp3) is 0. The van der Waals surface area contributed by atoms with E-state index >= 15 is 0 Å². The van der Waals surface area contributed by atoms with E-state index in [1.54, 1.807) is 0 Å². The normalized spacial score (nSPS) is 12.9. The highest BCUT2D eigenvalue weighted by Gasteiger charge is 2.43. The van der Waals surface area contributed by atoms with Gasteiger partial charge in [0.1, 0.15) is 11.2 Å². The quantitative estimate of drug-likeness (QED) is 0.118. The Labute approximate surface area is 398 Å². The van der Waals surface area contributed by atoms with Gasteiger partial charge < -0.3 is 4.42 Å². The first-order valence-electron chi connectivity index (χ1n) is 23.6. The minimum atomic E-state index is -2.90. The van der Waals surface area contributed by atoms with Gasteiger partial charge in [0.15, 0.2) is 13.9 Å². The van der Waals surface area contributed by atoms with Gasteiger partial charge >= 0.3 is 0 Å². The number of fused-ring (bicyclic) bond motifs is 6. The molecule has 10 aromatic carbocycles. The molecule has 320 valence electrons. The molecule has 0 N–H and O–H groups in total. The average Bonchev–Trinajstić information content (AvgIpc) is 3.98. The number of furan rings is 1. The second-order valence-electron chi connectivity index (χ2n) is 18.2. The molecule has 2 aliphatic heterocycles. The summed E-state index contributed by atoms with van der Waals surface area (Å²) < 4.78 is 8.89. The van der Waals surface area contributed by atoms with Crippen LogP contribution in [0.1, 0.15) is 0 Å². The van der Waals surface area contributed by atoms with E-state index in [1.807, 2.05) is 0 Å².